The van der Waals surface area contributed by atoms with E-state index in [1.165, 1.54) is 15.3 Å². The fraction of sp³-hybridized carbons (Fsp3) is 0.200. The van der Waals surface area contributed by atoms with E-state index in [9.17, 15) is 0 Å². The summed E-state index contributed by atoms with van der Waals surface area (Å²) in [5, 5.41) is 8.95. The highest BCUT2D eigenvalue weighted by atomic mass is 32.1. The molecular formula is C20H18N4S3. The normalized spacial score (nSPS) is 17.1. The van der Waals surface area contributed by atoms with Crippen molar-refractivity contribution in [3.63, 3.8) is 0 Å². The molecule has 0 radical (unpaired) electrons. The molecule has 4 aromatic rings. The Morgan fingerprint density at radius 1 is 1.04 bits per heavy atom. The Bertz CT molecular complexity index is 1090. The molecule has 136 valence electrons. The fourth-order valence-corrected chi connectivity index (χ4v) is 5.71. The molecule has 0 unspecified atom stereocenters. The Balaban J connectivity index is 1.49. The van der Waals surface area contributed by atoms with Crippen LogP contribution < -0.4 is 0 Å². The molecule has 1 aliphatic rings. The molecule has 27 heavy (non-hydrogen) atoms. The van der Waals surface area contributed by atoms with E-state index in [4.69, 9.17) is 12.2 Å². The lowest BCUT2D eigenvalue weighted by molar-refractivity contribution is 0.158. The maximum Gasteiger partial charge on any atom is 0.203 e. The topological polar surface area (TPSA) is 26.0 Å². The van der Waals surface area contributed by atoms with Gasteiger partial charge in [-0.3, -0.25) is 9.47 Å². The minimum atomic E-state index is 0.281. The molecule has 5 rings (SSSR count). The van der Waals surface area contributed by atoms with Crippen LogP contribution in [0.2, 0.25) is 0 Å². The third-order valence-electron chi connectivity index (χ3n) is 4.96. The molecule has 0 spiro atoms. The molecule has 3 aromatic heterocycles. The Labute approximate surface area is 170 Å². The predicted octanol–water partition coefficient (Wildman–Crippen LogP) is 5.13. The van der Waals surface area contributed by atoms with Gasteiger partial charge in [-0.2, -0.15) is 5.10 Å². The molecule has 4 heterocycles. The van der Waals surface area contributed by atoms with Crippen LogP contribution in [-0.2, 0) is 13.1 Å². The Hall–Kier alpha value is -2.06. The summed E-state index contributed by atoms with van der Waals surface area (Å²) in [4.78, 5) is 5.37. The summed E-state index contributed by atoms with van der Waals surface area (Å²) in [6, 6.07) is 17.1. The minimum absolute atomic E-state index is 0.281. The number of thiophene rings is 2. The van der Waals surface area contributed by atoms with Crippen LogP contribution in [0.25, 0.3) is 5.69 Å². The van der Waals surface area contributed by atoms with E-state index in [1.54, 1.807) is 0 Å². The number of hydrogen-bond donors (Lipinski definition) is 0. The summed E-state index contributed by atoms with van der Waals surface area (Å²) in [6.45, 7) is 1.70. The zero-order chi connectivity index (χ0) is 18.2. The third kappa shape index (κ3) is 3.10. The van der Waals surface area contributed by atoms with Crippen LogP contribution in [0.5, 0.6) is 0 Å². The highest BCUT2D eigenvalue weighted by Crippen LogP contribution is 2.39. The molecule has 0 bridgehead atoms. The van der Waals surface area contributed by atoms with Crippen molar-refractivity contribution < 1.29 is 0 Å². The molecule has 1 aromatic carbocycles. The summed E-state index contributed by atoms with van der Waals surface area (Å²) >= 11 is 9.41. The molecule has 0 fully saturated rings. The molecule has 7 heteroatoms. The van der Waals surface area contributed by atoms with E-state index >= 15 is 0 Å². The second kappa shape index (κ2) is 7.16. The average molecular weight is 411 g/mol. The summed E-state index contributed by atoms with van der Waals surface area (Å²) in [6.07, 6.45) is 2.90. The summed E-state index contributed by atoms with van der Waals surface area (Å²) in [5.74, 6) is 0. The van der Waals surface area contributed by atoms with Gasteiger partial charge >= 0.3 is 0 Å². The van der Waals surface area contributed by atoms with E-state index in [0.717, 1.165) is 23.4 Å². The molecule has 4 nitrogen and oxygen atoms in total. The van der Waals surface area contributed by atoms with Crippen LogP contribution >= 0.6 is 34.9 Å². The smallest absolute Gasteiger partial charge is 0.203 e. The molecule has 0 saturated carbocycles. The van der Waals surface area contributed by atoms with Crippen molar-refractivity contribution in [3.05, 3.63) is 85.7 Å². The molecule has 1 aliphatic heterocycles. The van der Waals surface area contributed by atoms with Crippen molar-refractivity contribution in [2.24, 2.45) is 0 Å². The second-order valence-electron chi connectivity index (χ2n) is 6.54. The van der Waals surface area contributed by atoms with E-state index in [1.807, 2.05) is 56.4 Å². The van der Waals surface area contributed by atoms with Gasteiger partial charge in [0.25, 0.3) is 0 Å². The van der Waals surface area contributed by atoms with Gasteiger partial charge in [0.15, 0.2) is 0 Å². The number of hydrogen-bond acceptors (Lipinski definition) is 5. The number of rotatable bonds is 4. The highest BCUT2D eigenvalue weighted by molar-refractivity contribution is 7.71. The monoisotopic (exact) mass is 410 g/mol. The van der Waals surface area contributed by atoms with E-state index in [2.05, 4.69) is 51.1 Å². The zero-order valence-electron chi connectivity index (χ0n) is 14.6. The average Bonchev–Trinajstić information content (AvgIpc) is 3.44. The van der Waals surface area contributed by atoms with Gasteiger partial charge in [-0.15, -0.1) is 22.7 Å². The van der Waals surface area contributed by atoms with Crippen molar-refractivity contribution in [1.82, 2.24) is 19.2 Å². The first-order valence-electron chi connectivity index (χ1n) is 8.85. The largest absolute Gasteiger partial charge is 0.275 e. The standard InChI is InChI=1S/C20H18N4S3/c25-20-23(15-5-2-1-3-6-15)13-21-24(20)14-22-10-8-17-16(9-12-27-17)19(22)18-7-4-11-26-18/h1-7,9,11-13,19H,8,10,14H2/t19-/m0/s1. The van der Waals surface area contributed by atoms with Crippen molar-refractivity contribution >= 4 is 34.9 Å². The summed E-state index contributed by atoms with van der Waals surface area (Å²) in [7, 11) is 0. The minimum Gasteiger partial charge on any atom is -0.275 e. The SMILES string of the molecule is S=c1n(-c2ccccc2)cnn1CN1CCc2sccc2[C@H]1c1cccs1. The lowest BCUT2D eigenvalue weighted by Gasteiger charge is -2.35. The number of fused-ring (bicyclic) bond motifs is 1. The van der Waals surface area contributed by atoms with Crippen molar-refractivity contribution in [3.8, 4) is 5.69 Å². The Morgan fingerprint density at radius 3 is 2.74 bits per heavy atom. The molecule has 0 N–H and O–H groups in total. The van der Waals surface area contributed by atoms with Crippen molar-refractivity contribution in [2.45, 2.75) is 19.1 Å². The van der Waals surface area contributed by atoms with E-state index < -0.39 is 0 Å². The van der Waals surface area contributed by atoms with Crippen LogP contribution in [0.1, 0.15) is 21.4 Å². The van der Waals surface area contributed by atoms with Crippen LogP contribution in [0.4, 0.5) is 0 Å². The van der Waals surface area contributed by atoms with Crippen LogP contribution in [0.15, 0.2) is 65.6 Å². The van der Waals surface area contributed by atoms with Crippen LogP contribution in [0.3, 0.4) is 0 Å². The van der Waals surface area contributed by atoms with Gasteiger partial charge in [-0.05, 0) is 59.2 Å². The van der Waals surface area contributed by atoms with E-state index in [0.29, 0.717) is 6.67 Å². The number of benzene rings is 1. The van der Waals surface area contributed by atoms with Gasteiger partial charge in [-0.25, -0.2) is 4.68 Å². The predicted molar refractivity (Wildman–Crippen MR) is 113 cm³/mol. The summed E-state index contributed by atoms with van der Waals surface area (Å²) < 4.78 is 4.62. The maximum atomic E-state index is 5.72. The van der Waals surface area contributed by atoms with Gasteiger partial charge in [-0.1, -0.05) is 24.3 Å². The van der Waals surface area contributed by atoms with Gasteiger partial charge in [0.1, 0.15) is 6.33 Å². The second-order valence-corrected chi connectivity index (χ2v) is 8.88. The number of para-hydroxylation sites is 1. The van der Waals surface area contributed by atoms with Gasteiger partial charge in [0.2, 0.25) is 4.77 Å². The first-order chi connectivity index (χ1) is 13.3. The Morgan fingerprint density at radius 2 is 1.93 bits per heavy atom. The highest BCUT2D eigenvalue weighted by Gasteiger charge is 2.30. The lowest BCUT2D eigenvalue weighted by Crippen LogP contribution is -2.36. The van der Waals surface area contributed by atoms with Gasteiger partial charge < -0.3 is 0 Å². The fourth-order valence-electron chi connectivity index (χ4n) is 3.67. The maximum absolute atomic E-state index is 5.72. The quantitative estimate of drug-likeness (QED) is 0.436. The van der Waals surface area contributed by atoms with E-state index in [-0.39, 0.29) is 6.04 Å². The molecule has 0 amide bonds. The van der Waals surface area contributed by atoms with Crippen LogP contribution in [0, 0.1) is 4.77 Å². The molecule has 0 aliphatic carbocycles. The van der Waals surface area contributed by atoms with Gasteiger partial charge in [0, 0.05) is 22.0 Å². The first kappa shape index (κ1) is 17.1. The first-order valence-corrected chi connectivity index (χ1v) is 11.0. The summed E-state index contributed by atoms with van der Waals surface area (Å²) in [5.41, 5.74) is 2.48. The lowest BCUT2D eigenvalue weighted by atomic mass is 9.99. The zero-order valence-corrected chi connectivity index (χ0v) is 17.0. The molecule has 0 saturated heterocycles. The van der Waals surface area contributed by atoms with Gasteiger partial charge in [0.05, 0.1) is 12.7 Å². The van der Waals surface area contributed by atoms with Crippen molar-refractivity contribution in [1.29, 1.82) is 0 Å². The van der Waals surface area contributed by atoms with Crippen LogP contribution in [-0.4, -0.2) is 25.8 Å². The van der Waals surface area contributed by atoms with Crippen molar-refractivity contribution in [2.75, 3.05) is 6.54 Å². The number of aromatic nitrogens is 3. The molecule has 1 atom stereocenters. The number of nitrogens with zero attached hydrogens (tertiary/aromatic N) is 4. The Kier molecular flexibility index (Phi) is 4.53. The molecular weight excluding hydrogens is 392 g/mol. The third-order valence-corrected chi connectivity index (χ3v) is 7.29.